The maximum Gasteiger partial charge on any atom is 0.247 e. The summed E-state index contributed by atoms with van der Waals surface area (Å²) in [6.45, 7) is 5.98. The van der Waals surface area contributed by atoms with E-state index < -0.39 is 5.92 Å². The molecule has 6 heteroatoms. The van der Waals surface area contributed by atoms with Gasteiger partial charge in [-0.25, -0.2) is 0 Å². The number of aryl methyl sites for hydroxylation is 2. The van der Waals surface area contributed by atoms with Crippen LogP contribution in [0.25, 0.3) is 0 Å². The normalized spacial score (nSPS) is 15.8. The number of hydrogen-bond acceptors (Lipinski definition) is 4. The Morgan fingerprint density at radius 2 is 2.09 bits per heavy atom. The van der Waals surface area contributed by atoms with Crippen LogP contribution in [0.4, 0.5) is 5.69 Å². The Labute approximate surface area is 135 Å². The number of anilines is 1. The fraction of sp³-hybridized carbons (Fsp3) is 0.438. The third-order valence-electron chi connectivity index (χ3n) is 3.60. The quantitative estimate of drug-likeness (QED) is 0.864. The fourth-order valence-corrected chi connectivity index (χ4v) is 2.61. The highest BCUT2D eigenvalue weighted by molar-refractivity contribution is 7.80. The van der Waals surface area contributed by atoms with E-state index >= 15 is 0 Å². The molecule has 1 amide bonds. The zero-order valence-electron chi connectivity index (χ0n) is 12.8. The van der Waals surface area contributed by atoms with Crippen LogP contribution in [0, 0.1) is 31.1 Å². The van der Waals surface area contributed by atoms with Crippen molar-refractivity contribution in [2.45, 2.75) is 13.8 Å². The zero-order valence-corrected chi connectivity index (χ0v) is 13.6. The highest BCUT2D eigenvalue weighted by atomic mass is 32.1. The number of amides is 1. The van der Waals surface area contributed by atoms with Crippen molar-refractivity contribution >= 4 is 28.8 Å². The van der Waals surface area contributed by atoms with Crippen LogP contribution >= 0.6 is 12.2 Å². The summed E-state index contributed by atoms with van der Waals surface area (Å²) in [5.41, 5.74) is 3.00. The molecule has 1 aromatic rings. The summed E-state index contributed by atoms with van der Waals surface area (Å²) in [4.78, 5) is 14.3. The molecule has 0 radical (unpaired) electrons. The predicted octanol–water partition coefficient (Wildman–Crippen LogP) is 2.04. The highest BCUT2D eigenvalue weighted by Gasteiger charge is 2.29. The lowest BCUT2D eigenvalue weighted by atomic mass is 10.1. The Morgan fingerprint density at radius 1 is 1.41 bits per heavy atom. The van der Waals surface area contributed by atoms with E-state index in [0.29, 0.717) is 26.3 Å². The average Bonchev–Trinajstić information content (AvgIpc) is 2.51. The topological polar surface area (TPSA) is 65.4 Å². The molecule has 116 valence electrons. The monoisotopic (exact) mass is 317 g/mol. The van der Waals surface area contributed by atoms with Crippen molar-refractivity contribution in [2.75, 3.05) is 31.6 Å². The van der Waals surface area contributed by atoms with Crippen molar-refractivity contribution in [3.05, 3.63) is 29.3 Å². The smallest absolute Gasteiger partial charge is 0.247 e. The van der Waals surface area contributed by atoms with Gasteiger partial charge in [-0.1, -0.05) is 29.9 Å². The molecule has 0 unspecified atom stereocenters. The molecule has 1 N–H and O–H groups in total. The number of nitrogens with one attached hydrogen (secondary N) is 1. The number of thiocarbonyl (C=S) groups is 1. The lowest BCUT2D eigenvalue weighted by molar-refractivity contribution is -0.135. The second-order valence-corrected chi connectivity index (χ2v) is 5.75. The third-order valence-corrected chi connectivity index (χ3v) is 3.94. The van der Waals surface area contributed by atoms with Crippen molar-refractivity contribution in [3.63, 3.8) is 0 Å². The largest absolute Gasteiger partial charge is 0.378 e. The first-order chi connectivity index (χ1) is 10.5. The molecule has 1 aliphatic rings. The minimum absolute atomic E-state index is 0.242. The molecule has 1 heterocycles. The van der Waals surface area contributed by atoms with Crippen LogP contribution in [0.2, 0.25) is 0 Å². The molecular weight excluding hydrogens is 298 g/mol. The molecule has 1 saturated heterocycles. The van der Waals surface area contributed by atoms with Crippen LogP contribution < -0.4 is 5.32 Å². The number of ether oxygens (including phenoxy) is 1. The molecular formula is C16H19N3O2S. The van der Waals surface area contributed by atoms with Gasteiger partial charge in [0, 0.05) is 18.8 Å². The van der Waals surface area contributed by atoms with Gasteiger partial charge in [0.2, 0.25) is 5.91 Å². The molecule has 1 atom stereocenters. The molecule has 22 heavy (non-hydrogen) atoms. The summed E-state index contributed by atoms with van der Waals surface area (Å²) in [6.07, 6.45) is 0. The lowest BCUT2D eigenvalue weighted by Crippen LogP contribution is -2.46. The third kappa shape index (κ3) is 3.81. The molecule has 0 spiro atoms. The van der Waals surface area contributed by atoms with Crippen LogP contribution in [0.15, 0.2) is 18.2 Å². The van der Waals surface area contributed by atoms with E-state index in [1.807, 2.05) is 38.1 Å². The standard InChI is InChI=1S/C16H19N3O2S/c1-11-3-4-14(12(2)9-11)18-15(22)13(10-17)16(20)19-5-7-21-8-6-19/h3-4,9,13H,5-8H2,1-2H3,(H,18,22)/t13-/m1/s1. The maximum absolute atomic E-state index is 12.4. The van der Waals surface area contributed by atoms with E-state index in [0.717, 1.165) is 16.8 Å². The molecule has 2 rings (SSSR count). The second kappa shape index (κ2) is 7.34. The highest BCUT2D eigenvalue weighted by Crippen LogP contribution is 2.18. The summed E-state index contributed by atoms with van der Waals surface area (Å²) in [5.74, 6) is -1.22. The van der Waals surface area contributed by atoms with Crippen molar-refractivity contribution in [2.24, 2.45) is 5.92 Å². The van der Waals surface area contributed by atoms with Crippen molar-refractivity contribution in [1.29, 1.82) is 5.26 Å². The van der Waals surface area contributed by atoms with E-state index in [1.54, 1.807) is 4.90 Å². The van der Waals surface area contributed by atoms with E-state index in [1.165, 1.54) is 0 Å². The van der Waals surface area contributed by atoms with Crippen LogP contribution in [0.1, 0.15) is 11.1 Å². The number of hydrogen-bond donors (Lipinski definition) is 1. The summed E-state index contributed by atoms with van der Waals surface area (Å²) < 4.78 is 5.22. The van der Waals surface area contributed by atoms with Gasteiger partial charge in [0.05, 0.1) is 19.3 Å². The number of carbonyl (C=O) groups is 1. The summed E-state index contributed by atoms with van der Waals surface area (Å²) in [7, 11) is 0. The minimum Gasteiger partial charge on any atom is -0.378 e. The van der Waals surface area contributed by atoms with Gasteiger partial charge in [0.25, 0.3) is 0 Å². The number of rotatable bonds is 3. The zero-order chi connectivity index (χ0) is 16.1. The molecule has 0 bridgehead atoms. The van der Waals surface area contributed by atoms with Crippen LogP contribution in [-0.4, -0.2) is 42.1 Å². The maximum atomic E-state index is 12.4. The number of nitrogens with zero attached hydrogens (tertiary/aromatic N) is 2. The average molecular weight is 317 g/mol. The van der Waals surface area contributed by atoms with Crippen LogP contribution in [-0.2, 0) is 9.53 Å². The summed E-state index contributed by atoms with van der Waals surface area (Å²) in [5, 5.41) is 12.4. The molecule has 0 aliphatic carbocycles. The molecule has 1 fully saturated rings. The Kier molecular flexibility index (Phi) is 5.47. The molecule has 1 aromatic carbocycles. The molecule has 5 nitrogen and oxygen atoms in total. The van der Waals surface area contributed by atoms with Crippen LogP contribution in [0.3, 0.4) is 0 Å². The number of benzene rings is 1. The van der Waals surface area contributed by atoms with E-state index in [9.17, 15) is 10.1 Å². The number of carbonyl (C=O) groups excluding carboxylic acids is 1. The summed E-state index contributed by atoms with van der Waals surface area (Å²) >= 11 is 5.28. The van der Waals surface area contributed by atoms with Gasteiger partial charge < -0.3 is 15.0 Å². The first-order valence-electron chi connectivity index (χ1n) is 7.17. The van der Waals surface area contributed by atoms with E-state index in [-0.39, 0.29) is 10.9 Å². The number of morpholine rings is 1. The molecule has 0 saturated carbocycles. The van der Waals surface area contributed by atoms with Gasteiger partial charge in [0.15, 0.2) is 5.92 Å². The van der Waals surface area contributed by atoms with E-state index in [4.69, 9.17) is 17.0 Å². The molecule has 1 aliphatic heterocycles. The van der Waals surface area contributed by atoms with Crippen LogP contribution in [0.5, 0.6) is 0 Å². The van der Waals surface area contributed by atoms with Crippen molar-refractivity contribution < 1.29 is 9.53 Å². The minimum atomic E-state index is -0.964. The van der Waals surface area contributed by atoms with Gasteiger partial charge >= 0.3 is 0 Å². The SMILES string of the molecule is Cc1ccc(NC(=S)[C@@H](C#N)C(=O)N2CCOCC2)c(C)c1. The van der Waals surface area contributed by atoms with Crippen molar-refractivity contribution in [1.82, 2.24) is 4.90 Å². The lowest BCUT2D eigenvalue weighted by Gasteiger charge is -2.28. The Bertz CT molecular complexity index is 618. The number of nitriles is 1. The van der Waals surface area contributed by atoms with Gasteiger partial charge in [-0.15, -0.1) is 0 Å². The Balaban J connectivity index is 2.08. The Hall–Kier alpha value is -1.97. The van der Waals surface area contributed by atoms with Gasteiger partial charge in [-0.3, -0.25) is 4.79 Å². The fourth-order valence-electron chi connectivity index (χ4n) is 2.35. The van der Waals surface area contributed by atoms with Gasteiger partial charge in [-0.05, 0) is 25.5 Å². The first-order valence-corrected chi connectivity index (χ1v) is 7.58. The second-order valence-electron chi connectivity index (χ2n) is 5.31. The van der Waals surface area contributed by atoms with Gasteiger partial charge in [0.1, 0.15) is 4.99 Å². The Morgan fingerprint density at radius 3 is 2.68 bits per heavy atom. The van der Waals surface area contributed by atoms with E-state index in [2.05, 4.69) is 5.32 Å². The summed E-state index contributed by atoms with van der Waals surface area (Å²) in [6, 6.07) is 7.91. The predicted molar refractivity (Wildman–Crippen MR) is 88.6 cm³/mol. The first kappa shape index (κ1) is 16.4. The van der Waals surface area contributed by atoms with Crippen molar-refractivity contribution in [3.8, 4) is 6.07 Å². The molecule has 0 aromatic heterocycles. The van der Waals surface area contributed by atoms with Gasteiger partial charge in [-0.2, -0.15) is 5.26 Å².